The van der Waals surface area contributed by atoms with Crippen molar-refractivity contribution in [3.63, 3.8) is 0 Å². The molecule has 0 aliphatic rings. The Morgan fingerprint density at radius 3 is 1.31 bits per heavy atom. The molecule has 0 aromatic rings. The zero-order valence-corrected chi connectivity index (χ0v) is 13.3. The third-order valence-corrected chi connectivity index (χ3v) is 5.07. The van der Waals surface area contributed by atoms with E-state index in [0.29, 0.717) is 0 Å². The van der Waals surface area contributed by atoms with E-state index in [-0.39, 0.29) is 0 Å². The molecular weight excluding hydrogens is 308 g/mol. The summed E-state index contributed by atoms with van der Waals surface area (Å²) in [7, 11) is 10.7. The van der Waals surface area contributed by atoms with Gasteiger partial charge in [-0.05, 0) is 21.6 Å². The third kappa shape index (κ3) is 14.6. The fraction of sp³-hybridized carbons (Fsp3) is 0.667. The molecule has 5 nitrogen and oxygen atoms in total. The first-order valence-electron chi connectivity index (χ1n) is 3.75. The Labute approximate surface area is 117 Å². The fourth-order valence-corrected chi connectivity index (χ4v) is 2.60. The molecule has 2 N–H and O–H groups in total. The van der Waals surface area contributed by atoms with Crippen molar-refractivity contribution in [2.45, 2.75) is 0 Å². The fourth-order valence-electron chi connectivity index (χ4n) is 0.220. The van der Waals surface area contributed by atoms with Crippen molar-refractivity contribution in [3.8, 4) is 0 Å². The highest BCUT2D eigenvalue weighted by molar-refractivity contribution is 8.89. The molecule has 0 saturated heterocycles. The van der Waals surface area contributed by atoms with Crippen LogP contribution in [-0.4, -0.2) is 59.9 Å². The number of rotatable bonds is 0. The lowest BCUT2D eigenvalue weighted by Gasteiger charge is -2.15. The van der Waals surface area contributed by atoms with Crippen LogP contribution in [0.5, 0.6) is 0 Å². The summed E-state index contributed by atoms with van der Waals surface area (Å²) in [6, 6.07) is 0. The van der Waals surface area contributed by atoms with Crippen molar-refractivity contribution in [2.75, 3.05) is 28.2 Å². The molecule has 0 aliphatic carbocycles. The first kappa shape index (κ1) is 18.9. The van der Waals surface area contributed by atoms with E-state index < -0.39 is 11.4 Å². The van der Waals surface area contributed by atoms with Crippen LogP contribution in [0.3, 0.4) is 0 Å². The molecule has 0 aliphatic heterocycles. The maximum Gasteiger partial charge on any atom is 0.299 e. The molecule has 0 aromatic carbocycles. The van der Waals surface area contributed by atoms with Crippen LogP contribution in [0.1, 0.15) is 0 Å². The Kier molecular flexibility index (Phi) is 12.6. The van der Waals surface area contributed by atoms with Gasteiger partial charge in [0.15, 0.2) is 0 Å². The smallest absolute Gasteiger partial charge is 0.299 e. The van der Waals surface area contributed by atoms with Gasteiger partial charge >= 0.3 is 0 Å². The second-order valence-electron chi connectivity index (χ2n) is 2.72. The van der Waals surface area contributed by atoms with Crippen molar-refractivity contribution in [1.29, 1.82) is 0 Å². The Morgan fingerprint density at radius 2 is 1.19 bits per heavy atom. The van der Waals surface area contributed by atoms with Crippen LogP contribution in [0.2, 0.25) is 0 Å². The molecule has 0 fully saturated rings. The SMILES string of the molecule is CN(C)C(=S)SSC(=S)N(C)C.O=S(O)O. The number of nitrogens with zero attached hydrogens (tertiary/aromatic N) is 2. The normalized spacial score (nSPS) is 9.19. The van der Waals surface area contributed by atoms with Gasteiger partial charge in [0, 0.05) is 28.2 Å². The molecule has 0 amide bonds. The number of hydrogen-bond donors (Lipinski definition) is 2. The van der Waals surface area contributed by atoms with Crippen LogP contribution in [0.15, 0.2) is 0 Å². The van der Waals surface area contributed by atoms with Crippen molar-refractivity contribution >= 4 is 66.0 Å². The minimum absolute atomic E-state index is 0.837. The van der Waals surface area contributed by atoms with Gasteiger partial charge in [-0.15, -0.1) is 0 Å². The van der Waals surface area contributed by atoms with E-state index in [1.807, 2.05) is 38.0 Å². The topological polar surface area (TPSA) is 64.0 Å². The van der Waals surface area contributed by atoms with Gasteiger partial charge in [-0.25, -0.2) is 0 Å². The van der Waals surface area contributed by atoms with Crippen LogP contribution in [0.4, 0.5) is 0 Å². The van der Waals surface area contributed by atoms with Gasteiger partial charge in [0.2, 0.25) is 0 Å². The summed E-state index contributed by atoms with van der Waals surface area (Å²) >= 11 is 7.53. The van der Waals surface area contributed by atoms with Crippen molar-refractivity contribution in [3.05, 3.63) is 0 Å². The van der Waals surface area contributed by atoms with Gasteiger partial charge in [0.05, 0.1) is 0 Å². The number of thiocarbonyl (C=S) groups is 2. The van der Waals surface area contributed by atoms with E-state index in [1.165, 1.54) is 21.6 Å². The molecule has 96 valence electrons. The molecule has 0 heterocycles. The Balaban J connectivity index is 0. The van der Waals surface area contributed by atoms with Gasteiger partial charge in [-0.2, -0.15) is 4.21 Å². The Bertz CT molecular complexity index is 235. The van der Waals surface area contributed by atoms with Crippen molar-refractivity contribution in [1.82, 2.24) is 9.80 Å². The largest absolute Gasteiger partial charge is 0.363 e. The van der Waals surface area contributed by atoms with Gasteiger partial charge in [-0.1, -0.05) is 24.4 Å². The molecule has 0 saturated carbocycles. The minimum Gasteiger partial charge on any atom is -0.363 e. The monoisotopic (exact) mass is 322 g/mol. The molecule has 0 rings (SSSR count). The molecule has 0 aromatic heterocycles. The molecule has 0 bridgehead atoms. The van der Waals surface area contributed by atoms with Crippen LogP contribution < -0.4 is 0 Å². The van der Waals surface area contributed by atoms with Gasteiger partial charge in [0.1, 0.15) is 8.64 Å². The average Bonchev–Trinajstić information content (AvgIpc) is 2.12. The summed E-state index contributed by atoms with van der Waals surface area (Å²) in [4.78, 5) is 3.79. The lowest BCUT2D eigenvalue weighted by molar-refractivity contribution is 0.454. The van der Waals surface area contributed by atoms with Gasteiger partial charge in [0.25, 0.3) is 11.4 Å². The molecule has 10 heteroatoms. The molecule has 0 atom stereocenters. The predicted molar refractivity (Wildman–Crippen MR) is 81.2 cm³/mol. The van der Waals surface area contributed by atoms with Crippen LogP contribution >= 0.6 is 46.0 Å². The highest BCUT2D eigenvalue weighted by atomic mass is 33.1. The van der Waals surface area contributed by atoms with Crippen molar-refractivity contribution < 1.29 is 13.3 Å². The van der Waals surface area contributed by atoms with Gasteiger partial charge in [-0.3, -0.25) is 9.11 Å². The van der Waals surface area contributed by atoms with E-state index in [9.17, 15) is 0 Å². The lowest BCUT2D eigenvalue weighted by Crippen LogP contribution is -2.18. The third-order valence-electron chi connectivity index (χ3n) is 0.915. The highest BCUT2D eigenvalue weighted by Gasteiger charge is 2.04. The standard InChI is InChI=1S/C6H12N2S4.H2O3S/c1-7(2)5(9)11-12-6(10)8(3)4;1-4(2)3/h1-4H3;(H2,1,2,3). The number of hydrogen-bond acceptors (Lipinski definition) is 5. The second kappa shape index (κ2) is 10.7. The summed E-state index contributed by atoms with van der Waals surface area (Å²) in [6.07, 6.45) is 0. The molecule has 0 radical (unpaired) electrons. The molecule has 0 unspecified atom stereocenters. The summed E-state index contributed by atoms with van der Waals surface area (Å²) in [5.74, 6) is 0. The first-order valence-corrected chi connectivity index (χ1v) is 7.78. The van der Waals surface area contributed by atoms with Crippen LogP contribution in [0.25, 0.3) is 0 Å². The van der Waals surface area contributed by atoms with E-state index in [0.717, 1.165) is 8.64 Å². The quantitative estimate of drug-likeness (QED) is 0.394. The summed E-state index contributed by atoms with van der Waals surface area (Å²) in [6.45, 7) is 0. The summed E-state index contributed by atoms with van der Waals surface area (Å²) in [5.41, 5.74) is 0. The van der Waals surface area contributed by atoms with Crippen molar-refractivity contribution in [2.24, 2.45) is 0 Å². The van der Waals surface area contributed by atoms with Gasteiger partial charge < -0.3 is 9.80 Å². The molecule has 0 spiro atoms. The van der Waals surface area contributed by atoms with E-state index in [2.05, 4.69) is 0 Å². The Hall–Kier alpha value is 0.550. The maximum atomic E-state index is 8.67. The summed E-state index contributed by atoms with van der Waals surface area (Å²) < 4.78 is 24.5. The predicted octanol–water partition coefficient (Wildman–Crippen LogP) is 1.74. The molecule has 16 heavy (non-hydrogen) atoms. The van der Waals surface area contributed by atoms with E-state index >= 15 is 0 Å². The van der Waals surface area contributed by atoms with E-state index in [4.69, 9.17) is 37.8 Å². The van der Waals surface area contributed by atoms with E-state index in [1.54, 1.807) is 0 Å². The maximum absolute atomic E-state index is 8.67. The Morgan fingerprint density at radius 1 is 1.00 bits per heavy atom. The van der Waals surface area contributed by atoms with Crippen LogP contribution in [-0.2, 0) is 11.4 Å². The average molecular weight is 323 g/mol. The zero-order valence-electron chi connectivity index (χ0n) is 9.24. The minimum atomic E-state index is -2.61. The van der Waals surface area contributed by atoms with Crippen LogP contribution in [0, 0.1) is 0 Å². The first-order chi connectivity index (χ1) is 7.18. The zero-order chi connectivity index (χ0) is 13.3. The second-order valence-corrected chi connectivity index (χ2v) is 6.58. The molecular formula is C6H14N2O3S5. The lowest BCUT2D eigenvalue weighted by atomic mass is 11.0. The highest BCUT2D eigenvalue weighted by Crippen LogP contribution is 2.26. The summed E-state index contributed by atoms with van der Waals surface area (Å²) in [5, 5.41) is 0.